The molecule has 0 bridgehead atoms. The number of nitrogens with two attached hydrogens (primary N) is 1. The van der Waals surface area contributed by atoms with Gasteiger partial charge in [-0.05, 0) is 37.6 Å². The van der Waals surface area contributed by atoms with E-state index in [1.807, 2.05) is 0 Å². The summed E-state index contributed by atoms with van der Waals surface area (Å²) in [6.07, 6.45) is 1.75. The molecule has 9 nitrogen and oxygen atoms in total. The standard InChI is InChI=1S/C17H20N4O5S/c1-2-26-17(23)14-9-19-21(15(14)18)13-5-3-11(4-6-13)16(22)20-12-7-8-27(24,25)10-12/h3-6,9,12H,2,7-8,10,18H2,1H3,(H,20,22)/t12-/m0/s1. The first-order valence-corrected chi connectivity index (χ1v) is 10.2. The number of carbonyl (C=O) groups excluding carboxylic acids is 2. The second-order valence-corrected chi connectivity index (χ2v) is 8.42. The van der Waals surface area contributed by atoms with Gasteiger partial charge in [0.2, 0.25) is 0 Å². The van der Waals surface area contributed by atoms with Crippen molar-refractivity contribution in [3.8, 4) is 5.69 Å². The van der Waals surface area contributed by atoms with Crippen molar-refractivity contribution in [3.05, 3.63) is 41.6 Å². The summed E-state index contributed by atoms with van der Waals surface area (Å²) in [4.78, 5) is 24.1. The highest BCUT2D eigenvalue weighted by atomic mass is 32.2. The number of hydrogen-bond donors (Lipinski definition) is 2. The lowest BCUT2D eigenvalue weighted by Gasteiger charge is -2.11. The number of amides is 1. The molecule has 10 heteroatoms. The Kier molecular flexibility index (Phi) is 5.17. The van der Waals surface area contributed by atoms with Crippen molar-refractivity contribution >= 4 is 27.5 Å². The van der Waals surface area contributed by atoms with Crippen LogP contribution in [-0.2, 0) is 14.6 Å². The summed E-state index contributed by atoms with van der Waals surface area (Å²) in [7, 11) is -3.06. The van der Waals surface area contributed by atoms with Gasteiger partial charge >= 0.3 is 5.97 Å². The van der Waals surface area contributed by atoms with E-state index < -0.39 is 15.8 Å². The van der Waals surface area contributed by atoms with E-state index in [0.717, 1.165) is 0 Å². The van der Waals surface area contributed by atoms with Gasteiger partial charge in [-0.25, -0.2) is 17.9 Å². The van der Waals surface area contributed by atoms with Crippen LogP contribution in [0.25, 0.3) is 5.69 Å². The van der Waals surface area contributed by atoms with Crippen LogP contribution in [0.15, 0.2) is 30.5 Å². The van der Waals surface area contributed by atoms with Gasteiger partial charge in [0.25, 0.3) is 5.91 Å². The molecule has 0 unspecified atom stereocenters. The summed E-state index contributed by atoms with van der Waals surface area (Å²) in [5.41, 5.74) is 7.09. The number of hydrogen-bond acceptors (Lipinski definition) is 7. The summed E-state index contributed by atoms with van der Waals surface area (Å²) in [5, 5.41) is 6.81. The van der Waals surface area contributed by atoms with Crippen LogP contribution in [0.3, 0.4) is 0 Å². The first-order valence-electron chi connectivity index (χ1n) is 8.43. The van der Waals surface area contributed by atoms with E-state index >= 15 is 0 Å². The van der Waals surface area contributed by atoms with Gasteiger partial charge in [-0.3, -0.25) is 4.79 Å². The van der Waals surface area contributed by atoms with Crippen LogP contribution in [0.5, 0.6) is 0 Å². The zero-order valence-corrected chi connectivity index (χ0v) is 15.5. The molecule has 0 spiro atoms. The molecular formula is C17H20N4O5S. The Balaban J connectivity index is 1.72. The van der Waals surface area contributed by atoms with Crippen LogP contribution >= 0.6 is 0 Å². The largest absolute Gasteiger partial charge is 0.462 e. The molecule has 1 amide bonds. The Morgan fingerprint density at radius 1 is 1.33 bits per heavy atom. The van der Waals surface area contributed by atoms with Gasteiger partial charge in [0.05, 0.1) is 30.0 Å². The molecule has 1 saturated heterocycles. The Morgan fingerprint density at radius 2 is 2.04 bits per heavy atom. The first kappa shape index (κ1) is 18.9. The highest BCUT2D eigenvalue weighted by Crippen LogP contribution is 2.19. The predicted molar refractivity (Wildman–Crippen MR) is 98.5 cm³/mol. The molecular weight excluding hydrogens is 372 g/mol. The van der Waals surface area contributed by atoms with Gasteiger partial charge in [-0.1, -0.05) is 0 Å². The van der Waals surface area contributed by atoms with Gasteiger partial charge < -0.3 is 15.8 Å². The van der Waals surface area contributed by atoms with E-state index in [1.165, 1.54) is 10.9 Å². The maximum Gasteiger partial charge on any atom is 0.343 e. The third-order valence-electron chi connectivity index (χ3n) is 4.24. The molecule has 1 aromatic carbocycles. The Morgan fingerprint density at radius 3 is 2.63 bits per heavy atom. The molecule has 2 aromatic rings. The van der Waals surface area contributed by atoms with E-state index in [1.54, 1.807) is 31.2 Å². The predicted octanol–water partition coefficient (Wildman–Crippen LogP) is 0.548. The SMILES string of the molecule is CCOC(=O)c1cnn(-c2ccc(C(=O)N[C@H]3CCS(=O)(=O)C3)cc2)c1N. The van der Waals surface area contributed by atoms with E-state index in [2.05, 4.69) is 10.4 Å². The number of benzene rings is 1. The Labute approximate surface area is 156 Å². The summed E-state index contributed by atoms with van der Waals surface area (Å²) in [6, 6.07) is 6.08. The van der Waals surface area contributed by atoms with Crippen LogP contribution in [0, 0.1) is 0 Å². The molecule has 0 saturated carbocycles. The van der Waals surface area contributed by atoms with E-state index in [9.17, 15) is 18.0 Å². The van der Waals surface area contributed by atoms with Crippen molar-refractivity contribution in [1.29, 1.82) is 0 Å². The Bertz CT molecular complexity index is 966. The minimum Gasteiger partial charge on any atom is -0.462 e. The third-order valence-corrected chi connectivity index (χ3v) is 6.01. The number of anilines is 1. The molecule has 2 heterocycles. The molecule has 144 valence electrons. The van der Waals surface area contributed by atoms with Crippen molar-refractivity contribution in [3.63, 3.8) is 0 Å². The molecule has 3 N–H and O–H groups in total. The van der Waals surface area contributed by atoms with Crippen LogP contribution in [-0.4, -0.2) is 54.2 Å². The quantitative estimate of drug-likeness (QED) is 0.710. The zero-order valence-electron chi connectivity index (χ0n) is 14.7. The average Bonchev–Trinajstić information content (AvgIpc) is 3.17. The smallest absolute Gasteiger partial charge is 0.343 e. The number of aromatic nitrogens is 2. The number of nitrogens with one attached hydrogen (secondary N) is 1. The fraction of sp³-hybridized carbons (Fsp3) is 0.353. The number of nitrogens with zero attached hydrogens (tertiary/aromatic N) is 2. The summed E-state index contributed by atoms with van der Waals surface area (Å²) >= 11 is 0. The zero-order chi connectivity index (χ0) is 19.6. The summed E-state index contributed by atoms with van der Waals surface area (Å²) in [6.45, 7) is 1.93. The molecule has 0 radical (unpaired) electrons. The lowest BCUT2D eigenvalue weighted by atomic mass is 10.1. The van der Waals surface area contributed by atoms with Crippen LogP contribution in [0.4, 0.5) is 5.82 Å². The number of ether oxygens (including phenoxy) is 1. The molecule has 27 heavy (non-hydrogen) atoms. The van der Waals surface area contributed by atoms with Crippen molar-refractivity contribution in [2.45, 2.75) is 19.4 Å². The highest BCUT2D eigenvalue weighted by Gasteiger charge is 2.29. The Hall–Kier alpha value is -2.88. The van der Waals surface area contributed by atoms with Gasteiger partial charge in [0, 0.05) is 11.6 Å². The summed E-state index contributed by atoms with van der Waals surface area (Å²) < 4.78 is 29.2. The first-order chi connectivity index (χ1) is 12.8. The van der Waals surface area contributed by atoms with Crippen molar-refractivity contribution < 1.29 is 22.7 Å². The summed E-state index contributed by atoms with van der Waals surface area (Å²) in [5.74, 6) is -0.690. The van der Waals surface area contributed by atoms with Crippen molar-refractivity contribution in [2.24, 2.45) is 0 Å². The van der Waals surface area contributed by atoms with Crippen LogP contribution < -0.4 is 11.1 Å². The molecule has 3 rings (SSSR count). The maximum absolute atomic E-state index is 12.3. The van der Waals surface area contributed by atoms with Crippen molar-refractivity contribution in [2.75, 3.05) is 23.8 Å². The molecule has 1 fully saturated rings. The lowest BCUT2D eigenvalue weighted by Crippen LogP contribution is -2.35. The maximum atomic E-state index is 12.3. The molecule has 1 aromatic heterocycles. The van der Waals surface area contributed by atoms with Gasteiger partial charge in [-0.15, -0.1) is 0 Å². The van der Waals surface area contributed by atoms with E-state index in [0.29, 0.717) is 17.7 Å². The topological polar surface area (TPSA) is 133 Å². The number of sulfone groups is 1. The monoisotopic (exact) mass is 392 g/mol. The van der Waals surface area contributed by atoms with Crippen LogP contribution in [0.2, 0.25) is 0 Å². The molecule has 1 atom stereocenters. The van der Waals surface area contributed by atoms with Gasteiger partial charge in [-0.2, -0.15) is 5.10 Å². The minimum absolute atomic E-state index is 0.0305. The number of nitrogen functional groups attached to an aromatic ring is 1. The highest BCUT2D eigenvalue weighted by molar-refractivity contribution is 7.91. The minimum atomic E-state index is -3.06. The van der Waals surface area contributed by atoms with Crippen molar-refractivity contribution in [1.82, 2.24) is 15.1 Å². The van der Waals surface area contributed by atoms with Crippen LogP contribution in [0.1, 0.15) is 34.1 Å². The second kappa shape index (κ2) is 7.39. The fourth-order valence-electron chi connectivity index (χ4n) is 2.86. The second-order valence-electron chi connectivity index (χ2n) is 6.20. The average molecular weight is 392 g/mol. The number of rotatable bonds is 5. The normalized spacial score (nSPS) is 18.2. The lowest BCUT2D eigenvalue weighted by molar-refractivity contribution is 0.0527. The fourth-order valence-corrected chi connectivity index (χ4v) is 4.53. The third kappa shape index (κ3) is 4.11. The van der Waals surface area contributed by atoms with Gasteiger partial charge in [0.15, 0.2) is 9.84 Å². The van der Waals surface area contributed by atoms with E-state index in [-0.39, 0.29) is 41.4 Å². The molecule has 1 aliphatic rings. The molecule has 1 aliphatic heterocycles. The molecule has 0 aliphatic carbocycles. The van der Waals surface area contributed by atoms with E-state index in [4.69, 9.17) is 10.5 Å². The number of carbonyl (C=O) groups is 2. The number of esters is 1. The van der Waals surface area contributed by atoms with Gasteiger partial charge in [0.1, 0.15) is 11.4 Å².